The maximum Gasteiger partial charge on any atom is 0.223 e. The first-order chi connectivity index (χ1) is 8.02. The van der Waals surface area contributed by atoms with Crippen molar-refractivity contribution in [3.05, 3.63) is 33.8 Å². The quantitative estimate of drug-likeness (QED) is 0.906. The first-order valence-corrected chi connectivity index (χ1v) is 6.12. The maximum atomic E-state index is 11.7. The highest BCUT2D eigenvalue weighted by Gasteiger charge is 2.09. The summed E-state index contributed by atoms with van der Waals surface area (Å²) in [6.07, 6.45) is 0.487. The second-order valence-electron chi connectivity index (χ2n) is 3.88. The lowest BCUT2D eigenvalue weighted by Crippen LogP contribution is -2.28. The molecule has 0 saturated heterocycles. The smallest absolute Gasteiger partial charge is 0.223 e. The molecule has 0 aliphatic heterocycles. The van der Waals surface area contributed by atoms with E-state index in [2.05, 4.69) is 5.32 Å². The number of halogens is 3. The van der Waals surface area contributed by atoms with Gasteiger partial charge in [-0.1, -0.05) is 23.2 Å². The molecular weight excluding hydrogens is 295 g/mol. The number of nitrogens with zero attached hydrogens (tertiary/aromatic N) is 1. The fourth-order valence-electron chi connectivity index (χ4n) is 1.49. The minimum atomic E-state index is 0. The Morgan fingerprint density at radius 2 is 1.83 bits per heavy atom. The monoisotopic (exact) mass is 310 g/mol. The third kappa shape index (κ3) is 5.91. The van der Waals surface area contributed by atoms with Crippen molar-refractivity contribution in [2.75, 3.05) is 20.6 Å². The molecule has 0 unspecified atom stereocenters. The van der Waals surface area contributed by atoms with E-state index in [1.54, 1.807) is 18.0 Å². The van der Waals surface area contributed by atoms with E-state index in [0.717, 1.165) is 5.56 Å². The van der Waals surface area contributed by atoms with E-state index in [9.17, 15) is 4.79 Å². The summed E-state index contributed by atoms with van der Waals surface area (Å²) < 4.78 is 0. The van der Waals surface area contributed by atoms with E-state index in [0.29, 0.717) is 29.6 Å². The van der Waals surface area contributed by atoms with E-state index in [4.69, 9.17) is 23.2 Å². The van der Waals surface area contributed by atoms with Crippen LogP contribution in [0.15, 0.2) is 18.2 Å². The summed E-state index contributed by atoms with van der Waals surface area (Å²) in [5.74, 6) is 0.0930. The van der Waals surface area contributed by atoms with Gasteiger partial charge in [0.15, 0.2) is 0 Å². The van der Waals surface area contributed by atoms with Gasteiger partial charge in [-0.3, -0.25) is 4.79 Å². The molecule has 0 saturated carbocycles. The number of hydrogen-bond acceptors (Lipinski definition) is 2. The van der Waals surface area contributed by atoms with E-state index >= 15 is 0 Å². The molecule has 1 aromatic rings. The number of hydrogen-bond donors (Lipinski definition) is 1. The number of amides is 1. The first kappa shape index (κ1) is 17.5. The summed E-state index contributed by atoms with van der Waals surface area (Å²) in [6, 6.07) is 5.31. The Bertz CT molecular complexity index is 379. The van der Waals surface area contributed by atoms with E-state index in [-0.39, 0.29) is 18.3 Å². The zero-order valence-corrected chi connectivity index (χ0v) is 12.7. The highest BCUT2D eigenvalue weighted by Crippen LogP contribution is 2.19. The molecule has 1 aromatic carbocycles. The molecule has 0 atom stereocenters. The predicted molar refractivity (Wildman–Crippen MR) is 78.7 cm³/mol. The largest absolute Gasteiger partial charge is 0.341 e. The van der Waals surface area contributed by atoms with Crippen LogP contribution < -0.4 is 5.32 Å². The van der Waals surface area contributed by atoms with Gasteiger partial charge in [-0.25, -0.2) is 0 Å². The molecular formula is C12H17Cl3N2O. The maximum absolute atomic E-state index is 11.7. The minimum absolute atomic E-state index is 0. The molecule has 0 fully saturated rings. The van der Waals surface area contributed by atoms with Crippen molar-refractivity contribution < 1.29 is 4.79 Å². The molecule has 0 aliphatic rings. The van der Waals surface area contributed by atoms with Crippen LogP contribution in [0.25, 0.3) is 0 Å². The van der Waals surface area contributed by atoms with E-state index in [1.165, 1.54) is 0 Å². The Kier molecular flexibility index (Phi) is 8.36. The topological polar surface area (TPSA) is 32.3 Å². The standard InChI is InChI=1S/C12H16Cl2N2O.ClH/c1-15-4-3-12(17)16(2)8-9-5-10(13)7-11(14)6-9;/h5-7,15H,3-4,8H2,1-2H3;1H. The molecule has 1 N–H and O–H groups in total. The van der Waals surface area contributed by atoms with Gasteiger partial charge < -0.3 is 10.2 Å². The van der Waals surface area contributed by atoms with Crippen molar-refractivity contribution in [1.29, 1.82) is 0 Å². The summed E-state index contributed by atoms with van der Waals surface area (Å²) in [5, 5.41) is 4.12. The third-order valence-corrected chi connectivity index (χ3v) is 2.79. The number of nitrogens with one attached hydrogen (secondary N) is 1. The molecule has 1 amide bonds. The lowest BCUT2D eigenvalue weighted by molar-refractivity contribution is -0.130. The summed E-state index contributed by atoms with van der Waals surface area (Å²) in [5.41, 5.74) is 0.933. The van der Waals surface area contributed by atoms with Crippen LogP contribution >= 0.6 is 35.6 Å². The Balaban J connectivity index is 0.00000289. The zero-order chi connectivity index (χ0) is 12.8. The molecule has 3 nitrogen and oxygen atoms in total. The molecule has 6 heteroatoms. The van der Waals surface area contributed by atoms with Crippen LogP contribution in [0, 0.1) is 0 Å². The highest BCUT2D eigenvalue weighted by atomic mass is 35.5. The van der Waals surface area contributed by atoms with Crippen molar-refractivity contribution in [1.82, 2.24) is 10.2 Å². The van der Waals surface area contributed by atoms with Gasteiger partial charge in [0, 0.05) is 36.6 Å². The minimum Gasteiger partial charge on any atom is -0.341 e. The molecule has 0 spiro atoms. The van der Waals surface area contributed by atoms with Crippen LogP contribution in [-0.4, -0.2) is 31.4 Å². The van der Waals surface area contributed by atoms with Crippen LogP contribution in [-0.2, 0) is 11.3 Å². The van der Waals surface area contributed by atoms with E-state index in [1.807, 2.05) is 19.2 Å². The third-order valence-electron chi connectivity index (χ3n) is 2.36. The Morgan fingerprint density at radius 3 is 2.33 bits per heavy atom. The van der Waals surface area contributed by atoms with Gasteiger partial charge in [0.2, 0.25) is 5.91 Å². The Labute approximate surface area is 124 Å². The van der Waals surface area contributed by atoms with Crippen molar-refractivity contribution in [2.24, 2.45) is 0 Å². The van der Waals surface area contributed by atoms with Gasteiger partial charge in [-0.2, -0.15) is 0 Å². The van der Waals surface area contributed by atoms with Crippen LogP contribution in [0.4, 0.5) is 0 Å². The van der Waals surface area contributed by atoms with Gasteiger partial charge in [0.1, 0.15) is 0 Å². The fraction of sp³-hybridized carbons (Fsp3) is 0.417. The molecule has 0 aromatic heterocycles. The molecule has 1 rings (SSSR count). The van der Waals surface area contributed by atoms with Gasteiger partial charge in [0.05, 0.1) is 0 Å². The normalized spacial score (nSPS) is 9.78. The number of rotatable bonds is 5. The van der Waals surface area contributed by atoms with Crippen LogP contribution in [0.5, 0.6) is 0 Å². The van der Waals surface area contributed by atoms with Crippen LogP contribution in [0.3, 0.4) is 0 Å². The first-order valence-electron chi connectivity index (χ1n) is 5.36. The van der Waals surface area contributed by atoms with Crippen LogP contribution in [0.1, 0.15) is 12.0 Å². The lowest BCUT2D eigenvalue weighted by atomic mass is 10.2. The number of carbonyl (C=O) groups is 1. The van der Waals surface area contributed by atoms with Crippen molar-refractivity contribution >= 4 is 41.5 Å². The Morgan fingerprint density at radius 1 is 1.28 bits per heavy atom. The highest BCUT2D eigenvalue weighted by molar-refractivity contribution is 6.34. The molecule has 0 heterocycles. The van der Waals surface area contributed by atoms with Gasteiger partial charge in [-0.05, 0) is 30.8 Å². The van der Waals surface area contributed by atoms with Crippen molar-refractivity contribution in [3.8, 4) is 0 Å². The molecule has 0 radical (unpaired) electrons. The fourth-order valence-corrected chi connectivity index (χ4v) is 2.06. The summed E-state index contributed by atoms with van der Waals surface area (Å²) >= 11 is 11.8. The second kappa shape index (κ2) is 8.59. The zero-order valence-electron chi connectivity index (χ0n) is 10.4. The van der Waals surface area contributed by atoms with Crippen LogP contribution in [0.2, 0.25) is 10.0 Å². The summed E-state index contributed by atoms with van der Waals surface area (Å²) in [4.78, 5) is 13.4. The SMILES string of the molecule is CNCCC(=O)N(C)Cc1cc(Cl)cc(Cl)c1.Cl. The molecule has 102 valence electrons. The van der Waals surface area contributed by atoms with Gasteiger partial charge >= 0.3 is 0 Å². The lowest BCUT2D eigenvalue weighted by Gasteiger charge is -2.17. The van der Waals surface area contributed by atoms with Crippen molar-refractivity contribution in [3.63, 3.8) is 0 Å². The van der Waals surface area contributed by atoms with Gasteiger partial charge in [0.25, 0.3) is 0 Å². The average Bonchev–Trinajstić information content (AvgIpc) is 2.24. The molecule has 0 bridgehead atoms. The average molecular weight is 312 g/mol. The molecule has 18 heavy (non-hydrogen) atoms. The van der Waals surface area contributed by atoms with Gasteiger partial charge in [-0.15, -0.1) is 12.4 Å². The van der Waals surface area contributed by atoms with Crippen molar-refractivity contribution in [2.45, 2.75) is 13.0 Å². The second-order valence-corrected chi connectivity index (χ2v) is 4.75. The predicted octanol–water partition coefficient (Wildman–Crippen LogP) is 2.98. The number of carbonyl (C=O) groups excluding carboxylic acids is 1. The van der Waals surface area contributed by atoms with E-state index < -0.39 is 0 Å². The Hall–Kier alpha value is -0.480. The summed E-state index contributed by atoms with van der Waals surface area (Å²) in [7, 11) is 3.59. The molecule has 0 aliphatic carbocycles. The summed E-state index contributed by atoms with van der Waals surface area (Å²) in [6.45, 7) is 1.20. The number of benzene rings is 1.